The summed E-state index contributed by atoms with van der Waals surface area (Å²) in [4.78, 5) is 18.1. The number of rotatable bonds is 4. The highest BCUT2D eigenvalue weighted by atomic mass is 35.5. The molecule has 0 aromatic heterocycles. The van der Waals surface area contributed by atoms with Gasteiger partial charge in [0.15, 0.2) is 0 Å². The van der Waals surface area contributed by atoms with Crippen molar-refractivity contribution < 1.29 is 4.79 Å². The number of carbonyl (C=O) groups excluding carboxylic acids is 1. The minimum absolute atomic E-state index is 0.0794. The molecule has 1 aliphatic carbocycles. The minimum atomic E-state index is -0.275. The molecule has 2 aromatic rings. The molecule has 1 amide bonds. The van der Waals surface area contributed by atoms with Gasteiger partial charge in [0, 0.05) is 13.1 Å². The largest absolute Gasteiger partial charge is 0.337 e. The second-order valence-corrected chi connectivity index (χ2v) is 9.15. The Bertz CT molecular complexity index is 894. The molecule has 1 heterocycles. The van der Waals surface area contributed by atoms with Gasteiger partial charge >= 0.3 is 0 Å². The lowest BCUT2D eigenvalue weighted by Gasteiger charge is -2.44. The summed E-state index contributed by atoms with van der Waals surface area (Å²) in [5.74, 6) is -0.155. The zero-order chi connectivity index (χ0) is 20.5. The maximum Gasteiger partial charge on any atom is 0.230 e. The Kier molecular flexibility index (Phi) is 6.19. The average molecular weight is 431 g/mol. The number of nitrogens with zero attached hydrogens (tertiary/aromatic N) is 2. The molecule has 0 spiro atoms. The van der Waals surface area contributed by atoms with E-state index in [4.69, 9.17) is 23.2 Å². The van der Waals surface area contributed by atoms with Gasteiger partial charge in [0.1, 0.15) is 0 Å². The molecule has 154 valence electrons. The maximum absolute atomic E-state index is 13.5. The molecule has 2 aliphatic rings. The van der Waals surface area contributed by atoms with E-state index in [1.165, 1.54) is 24.0 Å². The van der Waals surface area contributed by atoms with Gasteiger partial charge in [-0.05, 0) is 74.5 Å². The van der Waals surface area contributed by atoms with Crippen LogP contribution in [0.15, 0.2) is 42.5 Å². The van der Waals surface area contributed by atoms with Crippen LogP contribution < -0.4 is 0 Å². The second kappa shape index (κ2) is 8.67. The molecular formula is C24H28Cl2N2O. The number of fused-ring (bicyclic) bond motifs is 1. The van der Waals surface area contributed by atoms with E-state index in [1.54, 1.807) is 6.07 Å². The Morgan fingerprint density at radius 3 is 2.55 bits per heavy atom. The van der Waals surface area contributed by atoms with Gasteiger partial charge in [0.25, 0.3) is 0 Å². The summed E-state index contributed by atoms with van der Waals surface area (Å²) in [6.45, 7) is 4.22. The molecular weight excluding hydrogens is 403 g/mol. The van der Waals surface area contributed by atoms with Crippen molar-refractivity contribution in [2.24, 2.45) is 0 Å². The highest BCUT2D eigenvalue weighted by Gasteiger charge is 2.39. The standard InChI is InChI=1S/C24H28Cl2N2O/c1-16(18-9-11-20(25)21(26)15-18)24(29)27(2)23-19-8-4-3-7-17(19)10-12-22(23)28-13-5-6-14-28/h3-4,7-9,11,15-16,22-23H,5-6,10,12-14H2,1-2H3. The van der Waals surface area contributed by atoms with Crippen molar-refractivity contribution in [3.8, 4) is 0 Å². The van der Waals surface area contributed by atoms with Crippen molar-refractivity contribution in [2.45, 2.75) is 50.6 Å². The average Bonchev–Trinajstić information content (AvgIpc) is 3.28. The molecule has 3 unspecified atom stereocenters. The highest BCUT2D eigenvalue weighted by molar-refractivity contribution is 6.42. The van der Waals surface area contributed by atoms with Crippen molar-refractivity contribution in [3.63, 3.8) is 0 Å². The molecule has 4 rings (SSSR count). The highest BCUT2D eigenvalue weighted by Crippen LogP contribution is 2.39. The van der Waals surface area contributed by atoms with Gasteiger partial charge in [-0.2, -0.15) is 0 Å². The predicted octanol–water partition coefficient (Wildman–Crippen LogP) is 5.71. The first-order valence-electron chi connectivity index (χ1n) is 10.5. The fraction of sp³-hybridized carbons (Fsp3) is 0.458. The van der Waals surface area contributed by atoms with Crippen molar-refractivity contribution in [2.75, 3.05) is 20.1 Å². The van der Waals surface area contributed by atoms with E-state index in [2.05, 4.69) is 29.2 Å². The van der Waals surface area contributed by atoms with Gasteiger partial charge in [-0.3, -0.25) is 9.69 Å². The molecule has 3 nitrogen and oxygen atoms in total. The number of amides is 1. The number of hydrogen-bond donors (Lipinski definition) is 0. The SMILES string of the molecule is CC(C(=O)N(C)C1c2ccccc2CCC1N1CCCC1)c1ccc(Cl)c(Cl)c1. The van der Waals surface area contributed by atoms with E-state index in [1.807, 2.05) is 31.0 Å². The number of likely N-dealkylation sites (N-methyl/N-ethyl adjacent to an activating group) is 1. The Morgan fingerprint density at radius 2 is 1.83 bits per heavy atom. The number of likely N-dealkylation sites (tertiary alicyclic amines) is 1. The van der Waals surface area contributed by atoms with Crippen LogP contribution in [0.1, 0.15) is 54.8 Å². The van der Waals surface area contributed by atoms with Crippen LogP contribution in [-0.2, 0) is 11.2 Å². The van der Waals surface area contributed by atoms with Gasteiger partial charge < -0.3 is 4.90 Å². The lowest BCUT2D eigenvalue weighted by molar-refractivity contribution is -0.135. The minimum Gasteiger partial charge on any atom is -0.337 e. The lowest BCUT2D eigenvalue weighted by Crippen LogP contribution is -2.49. The van der Waals surface area contributed by atoms with Crippen LogP contribution in [0.25, 0.3) is 0 Å². The predicted molar refractivity (Wildman–Crippen MR) is 120 cm³/mol. The number of halogens is 2. The Balaban J connectivity index is 1.65. The van der Waals surface area contributed by atoms with Crippen LogP contribution in [0.4, 0.5) is 0 Å². The van der Waals surface area contributed by atoms with E-state index in [0.717, 1.165) is 31.5 Å². The lowest BCUT2D eigenvalue weighted by atomic mass is 9.82. The number of aryl methyl sites for hydroxylation is 1. The van der Waals surface area contributed by atoms with Crippen molar-refractivity contribution in [1.29, 1.82) is 0 Å². The van der Waals surface area contributed by atoms with Crippen LogP contribution in [0.2, 0.25) is 10.0 Å². The van der Waals surface area contributed by atoms with Crippen LogP contribution in [0.3, 0.4) is 0 Å². The van der Waals surface area contributed by atoms with Crippen LogP contribution >= 0.6 is 23.2 Å². The first kappa shape index (κ1) is 20.7. The summed E-state index contributed by atoms with van der Waals surface area (Å²) in [6.07, 6.45) is 4.68. The van der Waals surface area contributed by atoms with E-state index in [-0.39, 0.29) is 17.9 Å². The van der Waals surface area contributed by atoms with E-state index >= 15 is 0 Å². The third-order valence-electron chi connectivity index (χ3n) is 6.64. The smallest absolute Gasteiger partial charge is 0.230 e. The molecule has 5 heteroatoms. The monoisotopic (exact) mass is 430 g/mol. The molecule has 0 bridgehead atoms. The summed E-state index contributed by atoms with van der Waals surface area (Å²) in [6, 6.07) is 14.6. The van der Waals surface area contributed by atoms with Crippen LogP contribution in [0.5, 0.6) is 0 Å². The summed E-state index contributed by atoms with van der Waals surface area (Å²) >= 11 is 12.3. The Morgan fingerprint density at radius 1 is 1.10 bits per heavy atom. The van der Waals surface area contributed by atoms with Crippen LogP contribution in [-0.4, -0.2) is 41.9 Å². The Hall–Kier alpha value is -1.55. The maximum atomic E-state index is 13.5. The normalized spacial score (nSPS) is 22.9. The van der Waals surface area contributed by atoms with E-state index in [0.29, 0.717) is 16.1 Å². The summed E-state index contributed by atoms with van der Waals surface area (Å²) < 4.78 is 0. The second-order valence-electron chi connectivity index (χ2n) is 8.34. The molecule has 29 heavy (non-hydrogen) atoms. The quantitative estimate of drug-likeness (QED) is 0.619. The van der Waals surface area contributed by atoms with Gasteiger partial charge in [0.05, 0.1) is 22.0 Å². The molecule has 0 N–H and O–H groups in total. The fourth-order valence-corrected chi connectivity index (χ4v) is 5.31. The number of hydrogen-bond acceptors (Lipinski definition) is 2. The molecule has 0 radical (unpaired) electrons. The number of carbonyl (C=O) groups is 1. The third-order valence-corrected chi connectivity index (χ3v) is 7.38. The fourth-order valence-electron chi connectivity index (χ4n) is 5.01. The third kappa shape index (κ3) is 4.05. The van der Waals surface area contributed by atoms with Gasteiger partial charge in [-0.25, -0.2) is 0 Å². The summed E-state index contributed by atoms with van der Waals surface area (Å²) in [5.41, 5.74) is 3.57. The molecule has 1 aliphatic heterocycles. The summed E-state index contributed by atoms with van der Waals surface area (Å²) in [7, 11) is 1.96. The topological polar surface area (TPSA) is 23.6 Å². The van der Waals surface area contributed by atoms with Crippen molar-refractivity contribution in [3.05, 3.63) is 69.2 Å². The zero-order valence-electron chi connectivity index (χ0n) is 17.1. The zero-order valence-corrected chi connectivity index (χ0v) is 18.6. The first-order chi connectivity index (χ1) is 14.0. The van der Waals surface area contributed by atoms with Crippen molar-refractivity contribution >= 4 is 29.1 Å². The molecule has 3 atom stereocenters. The Labute approximate surface area is 183 Å². The van der Waals surface area contributed by atoms with E-state index in [9.17, 15) is 4.79 Å². The van der Waals surface area contributed by atoms with Gasteiger partial charge in [-0.1, -0.05) is 53.5 Å². The van der Waals surface area contributed by atoms with E-state index < -0.39 is 0 Å². The molecule has 1 saturated heterocycles. The van der Waals surface area contributed by atoms with Crippen molar-refractivity contribution in [1.82, 2.24) is 9.80 Å². The van der Waals surface area contributed by atoms with Crippen LogP contribution in [0, 0.1) is 0 Å². The number of benzene rings is 2. The van der Waals surface area contributed by atoms with Gasteiger partial charge in [-0.15, -0.1) is 0 Å². The summed E-state index contributed by atoms with van der Waals surface area (Å²) in [5, 5.41) is 1.00. The first-order valence-corrected chi connectivity index (χ1v) is 11.3. The molecule has 1 fully saturated rings. The molecule has 2 aromatic carbocycles. The van der Waals surface area contributed by atoms with Gasteiger partial charge in [0.2, 0.25) is 5.91 Å². The molecule has 0 saturated carbocycles.